The molecule has 1 aromatic rings. The molecule has 1 fully saturated rings. The van der Waals surface area contributed by atoms with E-state index < -0.39 is 0 Å². The monoisotopic (exact) mass is 339 g/mol. The van der Waals surface area contributed by atoms with Crippen LogP contribution in [-0.2, 0) is 4.74 Å². The van der Waals surface area contributed by atoms with Crippen LogP contribution in [0.15, 0.2) is 24.3 Å². The van der Waals surface area contributed by atoms with Crippen molar-refractivity contribution in [3.05, 3.63) is 29.3 Å². The molecule has 1 atom stereocenters. The number of carbonyl (C=O) groups is 1. The van der Waals surface area contributed by atoms with Crippen molar-refractivity contribution in [1.82, 2.24) is 10.2 Å². The number of benzene rings is 1. The Bertz CT molecular complexity index is 487. The second-order valence-electron chi connectivity index (χ2n) is 6.27. The fourth-order valence-corrected chi connectivity index (χ4v) is 2.89. The number of carbonyl (C=O) groups excluding carboxylic acids is 1. The van der Waals surface area contributed by atoms with E-state index >= 15 is 0 Å². The van der Waals surface area contributed by atoms with Crippen molar-refractivity contribution in [3.8, 4) is 0 Å². The summed E-state index contributed by atoms with van der Waals surface area (Å²) in [5.41, 5.74) is 0.735. The molecule has 0 aromatic heterocycles. The number of rotatable bonds is 6. The minimum absolute atomic E-state index is 0.186. The molecule has 1 aliphatic heterocycles. The molecule has 0 bridgehead atoms. The molecule has 23 heavy (non-hydrogen) atoms. The molecule has 2 amide bonds. The van der Waals surface area contributed by atoms with Crippen LogP contribution in [0.2, 0.25) is 5.02 Å². The van der Waals surface area contributed by atoms with E-state index in [1.165, 1.54) is 0 Å². The molecule has 0 saturated carbocycles. The summed E-state index contributed by atoms with van der Waals surface area (Å²) in [7, 11) is 0. The first-order chi connectivity index (χ1) is 11.0. The van der Waals surface area contributed by atoms with E-state index in [9.17, 15) is 4.79 Å². The van der Waals surface area contributed by atoms with Gasteiger partial charge < -0.3 is 15.4 Å². The molecule has 1 aliphatic rings. The van der Waals surface area contributed by atoms with E-state index in [0.29, 0.717) is 23.5 Å². The van der Waals surface area contributed by atoms with Crippen LogP contribution < -0.4 is 10.6 Å². The van der Waals surface area contributed by atoms with E-state index in [4.69, 9.17) is 16.3 Å². The summed E-state index contributed by atoms with van der Waals surface area (Å²) in [5.74, 6) is 0.587. The summed E-state index contributed by atoms with van der Waals surface area (Å²) < 4.78 is 5.42. The fraction of sp³-hybridized carbons (Fsp3) is 0.588. The van der Waals surface area contributed by atoms with E-state index in [-0.39, 0.29) is 6.03 Å². The predicted octanol–water partition coefficient (Wildman–Crippen LogP) is 3.21. The van der Waals surface area contributed by atoms with Gasteiger partial charge in [0.1, 0.15) is 0 Å². The molecule has 1 aromatic carbocycles. The number of anilines is 1. The maximum atomic E-state index is 12.1. The predicted molar refractivity (Wildman–Crippen MR) is 94.1 cm³/mol. The smallest absolute Gasteiger partial charge is 0.319 e. The Morgan fingerprint density at radius 3 is 2.52 bits per heavy atom. The van der Waals surface area contributed by atoms with Gasteiger partial charge in [0.2, 0.25) is 0 Å². The highest BCUT2D eigenvalue weighted by molar-refractivity contribution is 6.30. The number of nitrogens with zero attached hydrogens (tertiary/aromatic N) is 1. The van der Waals surface area contributed by atoms with Gasteiger partial charge in [0.25, 0.3) is 0 Å². The Morgan fingerprint density at radius 2 is 1.91 bits per heavy atom. The molecule has 0 radical (unpaired) electrons. The van der Waals surface area contributed by atoms with E-state index in [2.05, 4.69) is 29.4 Å². The lowest BCUT2D eigenvalue weighted by Crippen LogP contribution is -2.49. The molecule has 2 N–H and O–H groups in total. The minimum Gasteiger partial charge on any atom is -0.379 e. The SMILES string of the molecule is CC(C)CC(CNC(=O)Nc1ccc(Cl)cc1)N1CCOCC1. The summed E-state index contributed by atoms with van der Waals surface area (Å²) in [4.78, 5) is 14.5. The normalized spacial score (nSPS) is 17.0. The Morgan fingerprint density at radius 1 is 1.26 bits per heavy atom. The highest BCUT2D eigenvalue weighted by Crippen LogP contribution is 2.14. The summed E-state index contributed by atoms with van der Waals surface area (Å²) in [6.07, 6.45) is 1.06. The van der Waals surface area contributed by atoms with Gasteiger partial charge in [-0.05, 0) is 36.6 Å². The van der Waals surface area contributed by atoms with Gasteiger partial charge in [0, 0.05) is 36.4 Å². The van der Waals surface area contributed by atoms with E-state index in [1.54, 1.807) is 24.3 Å². The van der Waals surface area contributed by atoms with Gasteiger partial charge >= 0.3 is 6.03 Å². The zero-order chi connectivity index (χ0) is 16.7. The molecule has 5 nitrogen and oxygen atoms in total. The second kappa shape index (κ2) is 9.11. The summed E-state index contributed by atoms with van der Waals surface area (Å²) in [5, 5.41) is 6.46. The van der Waals surface area contributed by atoms with Crippen molar-refractivity contribution in [2.24, 2.45) is 5.92 Å². The molecule has 1 heterocycles. The zero-order valence-electron chi connectivity index (χ0n) is 13.8. The molecular weight excluding hydrogens is 314 g/mol. The Kier molecular flexibility index (Phi) is 7.15. The van der Waals surface area contributed by atoms with Crippen LogP contribution in [0.1, 0.15) is 20.3 Å². The molecule has 6 heteroatoms. The van der Waals surface area contributed by atoms with Crippen LogP contribution in [0.4, 0.5) is 10.5 Å². The largest absolute Gasteiger partial charge is 0.379 e. The van der Waals surface area contributed by atoms with Crippen molar-refractivity contribution in [1.29, 1.82) is 0 Å². The zero-order valence-corrected chi connectivity index (χ0v) is 14.6. The summed E-state index contributed by atoms with van der Waals surface area (Å²) >= 11 is 5.84. The van der Waals surface area contributed by atoms with Gasteiger partial charge in [-0.3, -0.25) is 4.90 Å². The Labute approximate surface area is 143 Å². The number of urea groups is 1. The van der Waals surface area contributed by atoms with E-state index in [1.807, 2.05) is 0 Å². The number of ether oxygens (including phenoxy) is 1. The molecule has 1 unspecified atom stereocenters. The van der Waals surface area contributed by atoms with Crippen LogP contribution >= 0.6 is 11.6 Å². The topological polar surface area (TPSA) is 53.6 Å². The van der Waals surface area contributed by atoms with Gasteiger partial charge in [-0.2, -0.15) is 0 Å². The van der Waals surface area contributed by atoms with Gasteiger partial charge in [-0.25, -0.2) is 4.79 Å². The fourth-order valence-electron chi connectivity index (χ4n) is 2.77. The van der Waals surface area contributed by atoms with Gasteiger partial charge in [-0.15, -0.1) is 0 Å². The highest BCUT2D eigenvalue weighted by Gasteiger charge is 2.22. The molecule has 2 rings (SSSR count). The number of nitrogens with one attached hydrogen (secondary N) is 2. The number of hydrogen-bond acceptors (Lipinski definition) is 3. The van der Waals surface area contributed by atoms with Crippen molar-refractivity contribution in [3.63, 3.8) is 0 Å². The first-order valence-electron chi connectivity index (χ1n) is 8.17. The minimum atomic E-state index is -0.186. The van der Waals surface area contributed by atoms with Crippen molar-refractivity contribution in [2.45, 2.75) is 26.3 Å². The second-order valence-corrected chi connectivity index (χ2v) is 6.71. The maximum absolute atomic E-state index is 12.1. The highest BCUT2D eigenvalue weighted by atomic mass is 35.5. The maximum Gasteiger partial charge on any atom is 0.319 e. The first-order valence-corrected chi connectivity index (χ1v) is 8.54. The molecule has 0 aliphatic carbocycles. The van der Waals surface area contributed by atoms with Crippen molar-refractivity contribution >= 4 is 23.3 Å². The van der Waals surface area contributed by atoms with Crippen LogP contribution in [-0.4, -0.2) is 49.8 Å². The lowest BCUT2D eigenvalue weighted by molar-refractivity contribution is 0.0130. The van der Waals surface area contributed by atoms with Gasteiger partial charge in [0.15, 0.2) is 0 Å². The van der Waals surface area contributed by atoms with Crippen LogP contribution in [0.25, 0.3) is 0 Å². The average Bonchev–Trinajstić information content (AvgIpc) is 2.54. The number of amides is 2. The molecule has 0 spiro atoms. The third-order valence-corrected chi connectivity index (χ3v) is 4.16. The third-order valence-electron chi connectivity index (χ3n) is 3.91. The third kappa shape index (κ3) is 6.37. The number of hydrogen-bond donors (Lipinski definition) is 2. The molecular formula is C17H26ClN3O2. The lowest BCUT2D eigenvalue weighted by Gasteiger charge is -2.35. The summed E-state index contributed by atoms with van der Waals surface area (Å²) in [6, 6.07) is 7.24. The first kappa shape index (κ1) is 18.0. The Balaban J connectivity index is 1.83. The average molecular weight is 340 g/mol. The van der Waals surface area contributed by atoms with Crippen molar-refractivity contribution < 1.29 is 9.53 Å². The Hall–Kier alpha value is -1.30. The van der Waals surface area contributed by atoms with Crippen LogP contribution in [0, 0.1) is 5.92 Å². The van der Waals surface area contributed by atoms with Gasteiger partial charge in [-0.1, -0.05) is 25.4 Å². The van der Waals surface area contributed by atoms with E-state index in [0.717, 1.165) is 38.4 Å². The molecule has 128 valence electrons. The molecule has 1 saturated heterocycles. The van der Waals surface area contributed by atoms with Crippen LogP contribution in [0.5, 0.6) is 0 Å². The lowest BCUT2D eigenvalue weighted by atomic mass is 10.0. The van der Waals surface area contributed by atoms with Crippen molar-refractivity contribution in [2.75, 3.05) is 38.2 Å². The number of morpholine rings is 1. The number of halogens is 1. The quantitative estimate of drug-likeness (QED) is 0.836. The summed E-state index contributed by atoms with van der Waals surface area (Å²) in [6.45, 7) is 8.45. The van der Waals surface area contributed by atoms with Crippen LogP contribution in [0.3, 0.4) is 0 Å². The van der Waals surface area contributed by atoms with Gasteiger partial charge in [0.05, 0.1) is 13.2 Å². The standard InChI is InChI=1S/C17H26ClN3O2/c1-13(2)11-16(21-7-9-23-10-8-21)12-19-17(22)20-15-5-3-14(18)4-6-15/h3-6,13,16H,7-12H2,1-2H3,(H2,19,20,22).